The van der Waals surface area contributed by atoms with Crippen LogP contribution in [0.2, 0.25) is 0 Å². The van der Waals surface area contributed by atoms with Gasteiger partial charge in [0.25, 0.3) is 11.5 Å². The Hall–Kier alpha value is -4.04. The van der Waals surface area contributed by atoms with Crippen molar-refractivity contribution >= 4 is 16.8 Å². The Morgan fingerprint density at radius 3 is 2.31 bits per heavy atom. The van der Waals surface area contributed by atoms with E-state index in [1.54, 1.807) is 60.1 Å². The Morgan fingerprint density at radius 2 is 1.59 bits per heavy atom. The first-order chi connectivity index (χ1) is 15.5. The number of carbonyl (C=O) groups is 1. The lowest BCUT2D eigenvalue weighted by molar-refractivity contribution is 0.0706. The highest BCUT2D eigenvalue weighted by Crippen LogP contribution is 2.12. The zero-order valence-corrected chi connectivity index (χ0v) is 17.0. The molecule has 3 aromatic carbocycles. The molecule has 1 heterocycles. The topological polar surface area (TPSA) is 93.3 Å². The minimum atomic E-state index is -0.638. The molecule has 0 saturated heterocycles. The average molecular weight is 433 g/mol. The first kappa shape index (κ1) is 21.2. The molecule has 4 aromatic rings. The molecule has 0 bridgehead atoms. The SMILES string of the molecule is O=C(NO)c1ccc(Cn2c(=O)n(CCc3ccccc3F)c(=O)c3ccccc32)cc1. The van der Waals surface area contributed by atoms with Crippen molar-refractivity contribution in [3.63, 3.8) is 0 Å². The molecule has 0 aliphatic rings. The number of rotatable bonds is 6. The summed E-state index contributed by atoms with van der Waals surface area (Å²) < 4.78 is 16.6. The lowest BCUT2D eigenvalue weighted by Gasteiger charge is -2.14. The third-order valence-electron chi connectivity index (χ3n) is 5.35. The van der Waals surface area contributed by atoms with E-state index < -0.39 is 17.2 Å². The molecule has 0 saturated carbocycles. The minimum Gasteiger partial charge on any atom is -0.289 e. The Bertz CT molecular complexity index is 1410. The number of hydrogen-bond acceptors (Lipinski definition) is 4. The number of nitrogens with zero attached hydrogens (tertiary/aromatic N) is 2. The van der Waals surface area contributed by atoms with Gasteiger partial charge in [-0.2, -0.15) is 0 Å². The first-order valence-electron chi connectivity index (χ1n) is 9.99. The van der Waals surface area contributed by atoms with Crippen LogP contribution in [0.5, 0.6) is 0 Å². The van der Waals surface area contributed by atoms with Crippen molar-refractivity contribution in [2.45, 2.75) is 19.5 Å². The number of benzene rings is 3. The summed E-state index contributed by atoms with van der Waals surface area (Å²) in [6.07, 6.45) is 0.200. The largest absolute Gasteiger partial charge is 0.331 e. The lowest BCUT2D eigenvalue weighted by atomic mass is 10.1. The maximum atomic E-state index is 14.0. The fourth-order valence-electron chi connectivity index (χ4n) is 3.66. The molecular formula is C24H20FN3O4. The highest BCUT2D eigenvalue weighted by atomic mass is 19.1. The second-order valence-electron chi connectivity index (χ2n) is 7.32. The van der Waals surface area contributed by atoms with Gasteiger partial charge in [-0.1, -0.05) is 42.5 Å². The van der Waals surface area contributed by atoms with E-state index in [0.29, 0.717) is 16.5 Å². The van der Waals surface area contributed by atoms with Crippen LogP contribution in [-0.4, -0.2) is 20.2 Å². The van der Waals surface area contributed by atoms with E-state index in [4.69, 9.17) is 5.21 Å². The molecule has 4 rings (SSSR count). The Morgan fingerprint density at radius 1 is 0.906 bits per heavy atom. The quantitative estimate of drug-likeness (QED) is 0.361. The van der Waals surface area contributed by atoms with Crippen molar-refractivity contribution in [2.24, 2.45) is 0 Å². The van der Waals surface area contributed by atoms with Crippen molar-refractivity contribution in [1.82, 2.24) is 14.6 Å². The summed E-state index contributed by atoms with van der Waals surface area (Å²) in [6, 6.07) is 19.5. The van der Waals surface area contributed by atoms with Crippen LogP contribution in [0.1, 0.15) is 21.5 Å². The Labute approximate surface area is 181 Å². The number of nitrogens with one attached hydrogen (secondary N) is 1. The van der Waals surface area contributed by atoms with Gasteiger partial charge < -0.3 is 0 Å². The van der Waals surface area contributed by atoms with Gasteiger partial charge in [-0.25, -0.2) is 14.7 Å². The molecule has 0 atom stereocenters. The van der Waals surface area contributed by atoms with Gasteiger partial charge in [-0.05, 0) is 47.9 Å². The summed E-state index contributed by atoms with van der Waals surface area (Å²) in [7, 11) is 0. The molecule has 0 aliphatic carbocycles. The second kappa shape index (κ2) is 8.99. The highest BCUT2D eigenvalue weighted by Gasteiger charge is 2.14. The summed E-state index contributed by atoms with van der Waals surface area (Å²) in [5.74, 6) is -1.02. The standard InChI is InChI=1S/C24H20FN3O4/c25-20-7-3-1-5-17(20)13-14-27-23(30)19-6-2-4-8-21(19)28(24(27)31)15-16-9-11-18(12-10-16)22(29)26-32/h1-12,32H,13-15H2,(H,26,29). The van der Waals surface area contributed by atoms with Gasteiger partial charge >= 0.3 is 5.69 Å². The van der Waals surface area contributed by atoms with E-state index >= 15 is 0 Å². The predicted molar refractivity (Wildman–Crippen MR) is 117 cm³/mol. The van der Waals surface area contributed by atoms with Crippen molar-refractivity contribution < 1.29 is 14.4 Å². The van der Waals surface area contributed by atoms with Crippen LogP contribution in [0.4, 0.5) is 4.39 Å². The zero-order chi connectivity index (χ0) is 22.7. The summed E-state index contributed by atoms with van der Waals surface area (Å²) in [5.41, 5.74) is 2.56. The molecular weight excluding hydrogens is 413 g/mol. The number of carbonyl (C=O) groups excluding carboxylic acids is 1. The van der Waals surface area contributed by atoms with Crippen LogP contribution in [0.15, 0.2) is 82.4 Å². The number of para-hydroxylation sites is 1. The first-order valence-corrected chi connectivity index (χ1v) is 9.99. The van der Waals surface area contributed by atoms with E-state index in [-0.39, 0.29) is 30.9 Å². The summed E-state index contributed by atoms with van der Waals surface area (Å²) in [6.45, 7) is 0.208. The fourth-order valence-corrected chi connectivity index (χ4v) is 3.66. The minimum absolute atomic E-state index is 0.0407. The second-order valence-corrected chi connectivity index (χ2v) is 7.32. The van der Waals surface area contributed by atoms with Crippen LogP contribution in [0.25, 0.3) is 10.9 Å². The monoisotopic (exact) mass is 433 g/mol. The molecule has 0 fully saturated rings. The van der Waals surface area contributed by atoms with Crippen LogP contribution in [0.3, 0.4) is 0 Å². The van der Waals surface area contributed by atoms with Gasteiger partial charge in [-0.15, -0.1) is 0 Å². The molecule has 1 aromatic heterocycles. The molecule has 162 valence electrons. The molecule has 1 amide bonds. The third kappa shape index (κ3) is 4.08. The van der Waals surface area contributed by atoms with E-state index in [2.05, 4.69) is 0 Å². The zero-order valence-electron chi connectivity index (χ0n) is 17.0. The van der Waals surface area contributed by atoms with Gasteiger partial charge in [0.15, 0.2) is 0 Å². The van der Waals surface area contributed by atoms with Gasteiger partial charge in [0.05, 0.1) is 17.4 Å². The number of hydrogen-bond donors (Lipinski definition) is 2. The third-order valence-corrected chi connectivity index (χ3v) is 5.35. The molecule has 32 heavy (non-hydrogen) atoms. The maximum Gasteiger partial charge on any atom is 0.331 e. The van der Waals surface area contributed by atoms with Gasteiger partial charge in [0, 0.05) is 12.1 Å². The Kier molecular flexibility index (Phi) is 5.96. The smallest absolute Gasteiger partial charge is 0.289 e. The number of amides is 1. The summed E-state index contributed by atoms with van der Waals surface area (Å²) in [4.78, 5) is 37.8. The van der Waals surface area contributed by atoms with E-state index in [9.17, 15) is 18.8 Å². The van der Waals surface area contributed by atoms with Crippen molar-refractivity contribution in [1.29, 1.82) is 0 Å². The Balaban J connectivity index is 1.75. The van der Waals surface area contributed by atoms with Crippen molar-refractivity contribution in [3.8, 4) is 0 Å². The van der Waals surface area contributed by atoms with Crippen molar-refractivity contribution in [3.05, 3.63) is 116 Å². The lowest BCUT2D eigenvalue weighted by Crippen LogP contribution is -2.40. The molecule has 7 nitrogen and oxygen atoms in total. The summed E-state index contributed by atoms with van der Waals surface area (Å²) >= 11 is 0. The molecule has 0 spiro atoms. The van der Waals surface area contributed by atoms with Gasteiger partial charge in [-0.3, -0.25) is 23.9 Å². The van der Waals surface area contributed by atoms with Crippen LogP contribution >= 0.6 is 0 Å². The normalized spacial score (nSPS) is 10.9. The van der Waals surface area contributed by atoms with E-state index in [0.717, 1.165) is 10.1 Å². The molecule has 0 unspecified atom stereocenters. The van der Waals surface area contributed by atoms with Crippen LogP contribution in [0, 0.1) is 5.82 Å². The van der Waals surface area contributed by atoms with E-state index in [1.165, 1.54) is 22.8 Å². The fraction of sp³-hybridized carbons (Fsp3) is 0.125. The van der Waals surface area contributed by atoms with Gasteiger partial charge in [0.2, 0.25) is 0 Å². The number of hydroxylamine groups is 1. The number of halogens is 1. The number of fused-ring (bicyclic) bond motifs is 1. The summed E-state index contributed by atoms with van der Waals surface area (Å²) in [5, 5.41) is 9.14. The van der Waals surface area contributed by atoms with Crippen LogP contribution < -0.4 is 16.7 Å². The van der Waals surface area contributed by atoms with Crippen molar-refractivity contribution in [2.75, 3.05) is 0 Å². The highest BCUT2D eigenvalue weighted by molar-refractivity contribution is 5.93. The molecule has 8 heteroatoms. The average Bonchev–Trinajstić information content (AvgIpc) is 2.82. The molecule has 0 radical (unpaired) electrons. The van der Waals surface area contributed by atoms with Gasteiger partial charge in [0.1, 0.15) is 5.82 Å². The maximum absolute atomic E-state index is 14.0. The van der Waals surface area contributed by atoms with Crippen LogP contribution in [-0.2, 0) is 19.5 Å². The number of aromatic nitrogens is 2. The molecule has 0 aliphatic heterocycles. The number of aryl methyl sites for hydroxylation is 1. The predicted octanol–water partition coefficient (Wildman–Crippen LogP) is 2.71. The van der Waals surface area contributed by atoms with E-state index in [1.807, 2.05) is 0 Å². The molecule has 2 N–H and O–H groups in total.